The van der Waals surface area contributed by atoms with E-state index in [1.807, 2.05) is 0 Å². The summed E-state index contributed by atoms with van der Waals surface area (Å²) in [4.78, 5) is 60.1. The number of anilines is 1. The normalized spacial score (nSPS) is 13.7. The number of non-ortho nitro benzene ring substituents is 1. The molecule has 0 aromatic heterocycles. The van der Waals surface area contributed by atoms with Gasteiger partial charge in [-0.3, -0.25) is 39.5 Å². The fourth-order valence-corrected chi connectivity index (χ4v) is 4.83. The minimum atomic E-state index is -0.840. The molecule has 0 radical (unpaired) electrons. The number of amides is 3. The summed E-state index contributed by atoms with van der Waals surface area (Å²) >= 11 is 6.64. The van der Waals surface area contributed by atoms with Crippen molar-refractivity contribution in [3.05, 3.63) is 90.3 Å². The lowest BCUT2D eigenvalue weighted by Gasteiger charge is -2.14. The molecule has 3 amide bonds. The molecule has 16 heteroatoms. The van der Waals surface area contributed by atoms with Gasteiger partial charge < -0.3 is 19.5 Å². The number of thioether (sulfide) groups is 1. The van der Waals surface area contributed by atoms with E-state index in [1.165, 1.54) is 44.6 Å². The minimum absolute atomic E-state index is 0.0575. The summed E-state index contributed by atoms with van der Waals surface area (Å²) in [6.45, 7) is -0.581. The first-order valence-corrected chi connectivity index (χ1v) is 12.9. The van der Waals surface area contributed by atoms with Crippen molar-refractivity contribution in [2.75, 3.05) is 26.1 Å². The number of nitro benzene ring substituents is 2. The van der Waals surface area contributed by atoms with Crippen molar-refractivity contribution in [1.82, 2.24) is 4.90 Å². The molecule has 0 bridgehead atoms. The van der Waals surface area contributed by atoms with Crippen LogP contribution in [0.15, 0.2) is 59.5 Å². The van der Waals surface area contributed by atoms with Gasteiger partial charge in [0.25, 0.3) is 16.8 Å². The van der Waals surface area contributed by atoms with Gasteiger partial charge in [-0.05, 0) is 48.2 Å². The van der Waals surface area contributed by atoms with E-state index in [1.54, 1.807) is 12.1 Å². The number of nitrogens with zero attached hydrogens (tertiary/aromatic N) is 3. The second kappa shape index (κ2) is 12.6. The van der Waals surface area contributed by atoms with Crippen molar-refractivity contribution in [3.63, 3.8) is 0 Å². The highest BCUT2D eigenvalue weighted by Crippen LogP contribution is 2.42. The molecule has 1 aliphatic heterocycles. The molecule has 0 atom stereocenters. The van der Waals surface area contributed by atoms with Gasteiger partial charge in [-0.25, -0.2) is 0 Å². The van der Waals surface area contributed by atoms with E-state index in [0.29, 0.717) is 23.2 Å². The van der Waals surface area contributed by atoms with Gasteiger partial charge in [-0.15, -0.1) is 0 Å². The van der Waals surface area contributed by atoms with Crippen molar-refractivity contribution in [2.24, 2.45) is 0 Å². The fraction of sp³-hybridized carbons (Fsp3) is 0.115. The minimum Gasteiger partial charge on any atom is -0.495 e. The number of imide groups is 1. The fourth-order valence-electron chi connectivity index (χ4n) is 3.74. The van der Waals surface area contributed by atoms with Gasteiger partial charge >= 0.3 is 5.69 Å². The maximum Gasteiger partial charge on any atom is 0.318 e. The van der Waals surface area contributed by atoms with Crippen molar-refractivity contribution >= 4 is 63.6 Å². The molecular formula is C26H19ClN4O10S. The third-order valence-corrected chi connectivity index (χ3v) is 6.89. The number of halogens is 1. The Bertz CT molecular complexity index is 1660. The Kier molecular flexibility index (Phi) is 8.93. The summed E-state index contributed by atoms with van der Waals surface area (Å²) in [5.74, 6) is -1.28. The number of nitro groups is 2. The molecule has 1 aliphatic rings. The lowest BCUT2D eigenvalue weighted by atomic mass is 10.1. The molecule has 1 N–H and O–H groups in total. The van der Waals surface area contributed by atoms with Crippen LogP contribution >= 0.6 is 23.4 Å². The molecule has 0 spiro atoms. The van der Waals surface area contributed by atoms with Gasteiger partial charge in [0, 0.05) is 17.3 Å². The van der Waals surface area contributed by atoms with E-state index in [9.17, 15) is 34.6 Å². The van der Waals surface area contributed by atoms with Crippen LogP contribution in [-0.2, 0) is 9.59 Å². The van der Waals surface area contributed by atoms with Crippen molar-refractivity contribution in [3.8, 4) is 23.0 Å². The molecule has 216 valence electrons. The quantitative estimate of drug-likeness (QED) is 0.169. The first kappa shape index (κ1) is 29.8. The smallest absolute Gasteiger partial charge is 0.318 e. The van der Waals surface area contributed by atoms with Crippen LogP contribution in [0.1, 0.15) is 5.56 Å². The highest BCUT2D eigenvalue weighted by Gasteiger charge is 2.36. The van der Waals surface area contributed by atoms with Crippen LogP contribution in [0.3, 0.4) is 0 Å². The average Bonchev–Trinajstić information content (AvgIpc) is 3.21. The van der Waals surface area contributed by atoms with Gasteiger partial charge in [-0.1, -0.05) is 23.7 Å². The Labute approximate surface area is 246 Å². The lowest BCUT2D eigenvalue weighted by molar-refractivity contribution is -0.394. The number of hydrogen-bond acceptors (Lipinski definition) is 11. The van der Waals surface area contributed by atoms with E-state index in [4.69, 9.17) is 25.8 Å². The van der Waals surface area contributed by atoms with Crippen LogP contribution in [0, 0.1) is 20.2 Å². The van der Waals surface area contributed by atoms with Crippen LogP contribution in [0.4, 0.5) is 21.9 Å². The van der Waals surface area contributed by atoms with Gasteiger partial charge in [0.1, 0.15) is 12.3 Å². The zero-order valence-corrected chi connectivity index (χ0v) is 23.3. The summed E-state index contributed by atoms with van der Waals surface area (Å²) in [6, 6.07) is 11.9. The summed E-state index contributed by atoms with van der Waals surface area (Å²) in [5.41, 5.74) is -0.663. The van der Waals surface area contributed by atoms with Crippen LogP contribution in [0.5, 0.6) is 23.0 Å². The highest BCUT2D eigenvalue weighted by molar-refractivity contribution is 8.18. The monoisotopic (exact) mass is 614 g/mol. The lowest BCUT2D eigenvalue weighted by Crippen LogP contribution is -2.36. The molecule has 4 rings (SSSR count). The van der Waals surface area contributed by atoms with Crippen LogP contribution in [0.25, 0.3) is 6.08 Å². The molecule has 14 nitrogen and oxygen atoms in total. The number of rotatable bonds is 10. The third-order valence-electron chi connectivity index (χ3n) is 5.69. The second-order valence-corrected chi connectivity index (χ2v) is 9.71. The SMILES string of the molecule is COc1ccc(NC(=O)CN2C(=O)S/C(=C/c3cccc(OC)c3Oc3ccc([N+](=O)[O-])cc3[N+](=O)[O-])C2=O)cc1Cl. The third kappa shape index (κ3) is 6.42. The second-order valence-electron chi connectivity index (χ2n) is 8.31. The van der Waals surface area contributed by atoms with Gasteiger partial charge in [0.05, 0.1) is 40.1 Å². The number of carbonyl (C=O) groups is 3. The van der Waals surface area contributed by atoms with Crippen molar-refractivity contribution in [2.45, 2.75) is 0 Å². The van der Waals surface area contributed by atoms with Crippen LogP contribution < -0.4 is 19.5 Å². The molecule has 1 heterocycles. The number of ether oxygens (including phenoxy) is 3. The molecule has 0 unspecified atom stereocenters. The summed E-state index contributed by atoms with van der Waals surface area (Å²) < 4.78 is 16.2. The Morgan fingerprint density at radius 3 is 2.36 bits per heavy atom. The van der Waals surface area contributed by atoms with E-state index in [0.717, 1.165) is 23.1 Å². The molecule has 0 aliphatic carbocycles. The molecule has 1 fully saturated rings. The summed E-state index contributed by atoms with van der Waals surface area (Å²) in [5, 5.41) is 24.8. The van der Waals surface area contributed by atoms with Crippen LogP contribution in [0.2, 0.25) is 5.02 Å². The van der Waals surface area contributed by atoms with E-state index < -0.39 is 44.8 Å². The van der Waals surface area contributed by atoms with Gasteiger partial charge in [0.15, 0.2) is 11.5 Å². The van der Waals surface area contributed by atoms with E-state index >= 15 is 0 Å². The Hall–Kier alpha value is -5.15. The average molecular weight is 615 g/mol. The number of methoxy groups -OCH3 is 2. The van der Waals surface area contributed by atoms with Gasteiger partial charge in [-0.2, -0.15) is 0 Å². The number of nitrogens with one attached hydrogen (secondary N) is 1. The number of carbonyl (C=O) groups excluding carboxylic acids is 3. The number of hydrogen-bond donors (Lipinski definition) is 1. The predicted molar refractivity (Wildman–Crippen MR) is 152 cm³/mol. The first-order valence-electron chi connectivity index (χ1n) is 11.7. The zero-order valence-electron chi connectivity index (χ0n) is 21.7. The largest absolute Gasteiger partial charge is 0.495 e. The Balaban J connectivity index is 1.59. The number of benzene rings is 3. The maximum atomic E-state index is 13.1. The topological polar surface area (TPSA) is 180 Å². The maximum absolute atomic E-state index is 13.1. The van der Waals surface area contributed by atoms with Crippen molar-refractivity contribution < 1.29 is 38.4 Å². The van der Waals surface area contributed by atoms with Crippen LogP contribution in [-0.4, -0.2) is 52.6 Å². The molecule has 0 saturated carbocycles. The summed E-state index contributed by atoms with van der Waals surface area (Å²) in [7, 11) is 2.76. The van der Waals surface area contributed by atoms with Gasteiger partial charge in [0.2, 0.25) is 11.7 Å². The Morgan fingerprint density at radius 2 is 1.71 bits per heavy atom. The van der Waals surface area contributed by atoms with E-state index in [2.05, 4.69) is 5.32 Å². The molecule has 3 aromatic rings. The highest BCUT2D eigenvalue weighted by atomic mass is 35.5. The molecule has 42 heavy (non-hydrogen) atoms. The summed E-state index contributed by atoms with van der Waals surface area (Å²) in [6.07, 6.45) is 1.31. The number of para-hydroxylation sites is 1. The van der Waals surface area contributed by atoms with Crippen molar-refractivity contribution in [1.29, 1.82) is 0 Å². The Morgan fingerprint density at radius 1 is 1.00 bits per heavy atom. The van der Waals surface area contributed by atoms with E-state index in [-0.39, 0.29) is 32.7 Å². The molecule has 3 aromatic carbocycles. The molecular weight excluding hydrogens is 596 g/mol. The predicted octanol–water partition coefficient (Wildman–Crippen LogP) is 5.64. The zero-order chi connectivity index (χ0) is 30.6. The first-order chi connectivity index (χ1) is 20.0. The standard InChI is InChI=1S/C26H19ClN4O10S/c1-39-19-8-6-15(11-17(19)27)28-23(32)13-29-25(33)22(42-26(29)34)10-14-4-3-5-21(40-2)24(14)41-20-9-7-16(30(35)36)12-18(20)31(37)38/h3-12H,13H2,1-2H3,(H,28,32)/b22-10+. The molecule has 1 saturated heterocycles.